The molecule has 0 aliphatic carbocycles. The van der Waals surface area contributed by atoms with Crippen molar-refractivity contribution in [1.82, 2.24) is 4.57 Å². The van der Waals surface area contributed by atoms with Gasteiger partial charge in [-0.05, 0) is 26.8 Å². The Hall–Kier alpha value is -1.58. The van der Waals surface area contributed by atoms with Gasteiger partial charge < -0.3 is 9.67 Å². The molecule has 0 spiro atoms. The number of hydrogen-bond donors (Lipinski definition) is 1. The fraction of sp³-hybridized carbons (Fsp3) is 0.455. The Labute approximate surface area is 88.2 Å². The summed E-state index contributed by atoms with van der Waals surface area (Å²) in [7, 11) is 0. The van der Waals surface area contributed by atoms with E-state index in [0.717, 1.165) is 0 Å². The van der Waals surface area contributed by atoms with E-state index in [-0.39, 0.29) is 11.6 Å². The Morgan fingerprint density at radius 3 is 2.47 bits per heavy atom. The molecule has 1 N–H and O–H groups in total. The molecule has 0 bridgehead atoms. The number of rotatable bonds is 3. The number of pyridine rings is 1. The van der Waals surface area contributed by atoms with Crippen molar-refractivity contribution in [3.8, 4) is 0 Å². The Bertz CT molecular complexity index is 420. The molecule has 0 fully saturated rings. The van der Waals surface area contributed by atoms with Crippen LogP contribution in [0, 0.1) is 0 Å². The molecule has 0 saturated heterocycles. The van der Waals surface area contributed by atoms with Gasteiger partial charge in [0.1, 0.15) is 0 Å². The average Bonchev–Trinajstić information content (AvgIpc) is 2.16. The normalized spacial score (nSPS) is 12.8. The van der Waals surface area contributed by atoms with Gasteiger partial charge in [0, 0.05) is 17.8 Å². The van der Waals surface area contributed by atoms with Crippen LogP contribution in [0.2, 0.25) is 0 Å². The highest BCUT2D eigenvalue weighted by molar-refractivity contribution is 5.75. The number of carboxylic acid groups (broad SMARTS) is 1. The molecule has 1 aromatic rings. The summed E-state index contributed by atoms with van der Waals surface area (Å²) in [5.41, 5.74) is 0.112. The molecular formula is C11H15NO3. The number of carbonyl (C=O) groups is 1. The molecule has 0 aliphatic rings. The quantitative estimate of drug-likeness (QED) is 0.822. The van der Waals surface area contributed by atoms with Crippen LogP contribution < -0.4 is 5.56 Å². The largest absolute Gasteiger partial charge is 0.481 e. The first-order valence-electron chi connectivity index (χ1n) is 4.89. The minimum Gasteiger partial charge on any atom is -0.481 e. The highest BCUT2D eigenvalue weighted by Crippen LogP contribution is 2.11. The summed E-state index contributed by atoms with van der Waals surface area (Å²) >= 11 is 0. The van der Waals surface area contributed by atoms with E-state index in [2.05, 4.69) is 0 Å². The van der Waals surface area contributed by atoms with Crippen molar-refractivity contribution >= 4 is 5.97 Å². The van der Waals surface area contributed by atoms with E-state index in [9.17, 15) is 9.59 Å². The second-order valence-corrected chi connectivity index (χ2v) is 3.83. The van der Waals surface area contributed by atoms with Crippen molar-refractivity contribution in [2.75, 3.05) is 0 Å². The van der Waals surface area contributed by atoms with Crippen LogP contribution in [0.3, 0.4) is 0 Å². The van der Waals surface area contributed by atoms with Crippen LogP contribution in [-0.2, 0) is 4.79 Å². The molecule has 0 saturated carbocycles. The van der Waals surface area contributed by atoms with E-state index in [1.807, 2.05) is 13.8 Å². The second kappa shape index (κ2) is 4.29. The van der Waals surface area contributed by atoms with E-state index in [0.29, 0.717) is 5.56 Å². The fourth-order valence-electron chi connectivity index (χ4n) is 1.40. The van der Waals surface area contributed by atoms with E-state index in [4.69, 9.17) is 5.11 Å². The van der Waals surface area contributed by atoms with Crippen molar-refractivity contribution in [2.24, 2.45) is 0 Å². The maximum Gasteiger partial charge on any atom is 0.310 e. The summed E-state index contributed by atoms with van der Waals surface area (Å²) in [6, 6.07) is 3.31. The minimum atomic E-state index is -0.978. The highest BCUT2D eigenvalue weighted by Gasteiger charge is 2.18. The Balaban J connectivity index is 3.27. The van der Waals surface area contributed by atoms with E-state index in [1.165, 1.54) is 11.5 Å². The minimum absolute atomic E-state index is 0.0402. The predicted molar refractivity (Wildman–Crippen MR) is 57.1 cm³/mol. The van der Waals surface area contributed by atoms with Gasteiger partial charge in [-0.2, -0.15) is 0 Å². The molecular weight excluding hydrogens is 194 g/mol. The zero-order valence-electron chi connectivity index (χ0n) is 9.10. The molecule has 4 heteroatoms. The first-order chi connectivity index (χ1) is 6.95. The Kier molecular flexibility index (Phi) is 3.29. The SMILES string of the molecule is CC(C(=O)O)c1cccn(C(C)C)c1=O. The van der Waals surface area contributed by atoms with Gasteiger partial charge in [0.15, 0.2) is 0 Å². The lowest BCUT2D eigenvalue weighted by Crippen LogP contribution is -2.27. The van der Waals surface area contributed by atoms with Gasteiger partial charge in [-0.1, -0.05) is 6.07 Å². The van der Waals surface area contributed by atoms with E-state index >= 15 is 0 Å². The van der Waals surface area contributed by atoms with Gasteiger partial charge in [0.25, 0.3) is 5.56 Å². The molecule has 82 valence electrons. The topological polar surface area (TPSA) is 59.3 Å². The summed E-state index contributed by atoms with van der Waals surface area (Å²) in [5, 5.41) is 8.84. The van der Waals surface area contributed by atoms with Gasteiger partial charge in [-0.25, -0.2) is 0 Å². The third-order valence-corrected chi connectivity index (χ3v) is 2.40. The Morgan fingerprint density at radius 1 is 1.40 bits per heavy atom. The zero-order chi connectivity index (χ0) is 11.6. The van der Waals surface area contributed by atoms with Crippen LogP contribution in [0.5, 0.6) is 0 Å². The standard InChI is InChI=1S/C11H15NO3/c1-7(2)12-6-4-5-9(10(12)13)8(3)11(14)15/h4-8H,1-3H3,(H,14,15). The van der Waals surface area contributed by atoms with Crippen molar-refractivity contribution < 1.29 is 9.90 Å². The summed E-state index contributed by atoms with van der Waals surface area (Å²) < 4.78 is 1.54. The molecule has 15 heavy (non-hydrogen) atoms. The fourth-order valence-corrected chi connectivity index (χ4v) is 1.40. The second-order valence-electron chi connectivity index (χ2n) is 3.83. The van der Waals surface area contributed by atoms with Crippen molar-refractivity contribution in [1.29, 1.82) is 0 Å². The van der Waals surface area contributed by atoms with Gasteiger partial charge in [-0.15, -0.1) is 0 Å². The number of hydrogen-bond acceptors (Lipinski definition) is 2. The molecule has 0 aromatic carbocycles. The first kappa shape index (κ1) is 11.5. The van der Waals surface area contributed by atoms with Crippen LogP contribution in [0.15, 0.2) is 23.1 Å². The molecule has 0 radical (unpaired) electrons. The van der Waals surface area contributed by atoms with Crippen LogP contribution in [0.25, 0.3) is 0 Å². The van der Waals surface area contributed by atoms with Crippen LogP contribution in [0.1, 0.15) is 38.3 Å². The molecule has 1 unspecified atom stereocenters. The van der Waals surface area contributed by atoms with E-state index < -0.39 is 11.9 Å². The van der Waals surface area contributed by atoms with Gasteiger partial charge >= 0.3 is 5.97 Å². The monoisotopic (exact) mass is 209 g/mol. The first-order valence-corrected chi connectivity index (χ1v) is 4.89. The third kappa shape index (κ3) is 2.26. The summed E-state index contributed by atoms with van der Waals surface area (Å²) in [4.78, 5) is 22.6. The number of aliphatic carboxylic acids is 1. The van der Waals surface area contributed by atoms with Gasteiger partial charge in [0.05, 0.1) is 5.92 Å². The molecule has 4 nitrogen and oxygen atoms in total. The maximum atomic E-state index is 11.9. The van der Waals surface area contributed by atoms with Gasteiger partial charge in [0.2, 0.25) is 0 Å². The van der Waals surface area contributed by atoms with Crippen LogP contribution in [0.4, 0.5) is 0 Å². The molecule has 0 aliphatic heterocycles. The lowest BCUT2D eigenvalue weighted by atomic mass is 10.0. The molecule has 1 heterocycles. The lowest BCUT2D eigenvalue weighted by molar-refractivity contribution is -0.138. The van der Waals surface area contributed by atoms with Crippen molar-refractivity contribution in [3.63, 3.8) is 0 Å². The zero-order valence-corrected chi connectivity index (χ0v) is 9.10. The van der Waals surface area contributed by atoms with Crippen molar-refractivity contribution in [2.45, 2.75) is 32.7 Å². The third-order valence-electron chi connectivity index (χ3n) is 2.40. The predicted octanol–water partition coefficient (Wildman–Crippen LogP) is 1.62. The van der Waals surface area contributed by atoms with Crippen LogP contribution >= 0.6 is 0 Å². The highest BCUT2D eigenvalue weighted by atomic mass is 16.4. The van der Waals surface area contributed by atoms with Crippen LogP contribution in [-0.4, -0.2) is 15.6 Å². The summed E-state index contributed by atoms with van der Waals surface area (Å²) in [6.07, 6.45) is 1.67. The molecule has 1 atom stereocenters. The Morgan fingerprint density at radius 2 is 2.00 bits per heavy atom. The average molecular weight is 209 g/mol. The van der Waals surface area contributed by atoms with Crippen molar-refractivity contribution in [3.05, 3.63) is 34.2 Å². The smallest absolute Gasteiger partial charge is 0.310 e. The molecule has 0 amide bonds. The molecule has 1 rings (SSSR count). The molecule has 1 aromatic heterocycles. The maximum absolute atomic E-state index is 11.9. The van der Waals surface area contributed by atoms with E-state index in [1.54, 1.807) is 18.3 Å². The van der Waals surface area contributed by atoms with Gasteiger partial charge in [-0.3, -0.25) is 9.59 Å². The summed E-state index contributed by atoms with van der Waals surface area (Å²) in [6.45, 7) is 5.29. The number of nitrogens with zero attached hydrogens (tertiary/aromatic N) is 1. The lowest BCUT2D eigenvalue weighted by Gasteiger charge is -2.12. The number of aromatic nitrogens is 1. The summed E-state index contributed by atoms with van der Waals surface area (Å²) in [5.74, 6) is -1.74. The number of carboxylic acids is 1.